The van der Waals surface area contributed by atoms with E-state index in [1.807, 2.05) is 30.3 Å². The molecule has 0 atom stereocenters. The Labute approximate surface area is 188 Å². The Morgan fingerprint density at radius 3 is 2.53 bits per heavy atom. The van der Waals surface area contributed by atoms with Crippen molar-refractivity contribution in [3.8, 4) is 0 Å². The molecule has 0 aromatic heterocycles. The summed E-state index contributed by atoms with van der Waals surface area (Å²) in [6.45, 7) is 7.82. The predicted molar refractivity (Wildman–Crippen MR) is 127 cm³/mol. The van der Waals surface area contributed by atoms with Crippen molar-refractivity contribution < 1.29 is 9.53 Å². The maximum atomic E-state index is 11.7. The van der Waals surface area contributed by atoms with Gasteiger partial charge in [0.25, 0.3) is 0 Å². The standard InChI is InChI=1S/C22H27ClN4O2S/c1-2-29-21(28)17-6-8-19(9-7-17)25-22(30)24-10-11-26-12-14-27(15-13-26)20-5-3-4-18(23)16-20/h3-9,16H,2,10-15H2,1H3,(H2,24,25,30). The van der Waals surface area contributed by atoms with Gasteiger partial charge in [0.15, 0.2) is 5.11 Å². The highest BCUT2D eigenvalue weighted by atomic mass is 35.5. The Balaban J connectivity index is 1.35. The molecule has 2 N–H and O–H groups in total. The zero-order valence-corrected chi connectivity index (χ0v) is 18.6. The molecule has 160 valence electrons. The summed E-state index contributed by atoms with van der Waals surface area (Å²) >= 11 is 11.5. The van der Waals surface area contributed by atoms with Gasteiger partial charge in [0, 0.05) is 55.7 Å². The number of carbonyl (C=O) groups is 1. The SMILES string of the molecule is CCOC(=O)c1ccc(NC(=S)NCCN2CCN(c3cccc(Cl)c3)CC2)cc1. The first-order chi connectivity index (χ1) is 14.5. The van der Waals surface area contributed by atoms with Gasteiger partial charge >= 0.3 is 5.97 Å². The number of esters is 1. The van der Waals surface area contributed by atoms with E-state index in [-0.39, 0.29) is 5.97 Å². The second-order valence-corrected chi connectivity index (χ2v) is 7.83. The number of thiocarbonyl (C=S) groups is 1. The zero-order valence-electron chi connectivity index (χ0n) is 17.1. The van der Waals surface area contributed by atoms with Crippen LogP contribution in [0.1, 0.15) is 17.3 Å². The quantitative estimate of drug-likeness (QED) is 0.497. The van der Waals surface area contributed by atoms with Gasteiger partial charge in [-0.15, -0.1) is 0 Å². The molecule has 0 radical (unpaired) electrons. The molecule has 6 nitrogen and oxygen atoms in total. The number of anilines is 2. The highest BCUT2D eigenvalue weighted by Crippen LogP contribution is 2.20. The maximum Gasteiger partial charge on any atom is 0.338 e. The maximum absolute atomic E-state index is 11.7. The summed E-state index contributed by atoms with van der Waals surface area (Å²) < 4.78 is 4.99. The molecule has 1 heterocycles. The molecule has 8 heteroatoms. The molecule has 30 heavy (non-hydrogen) atoms. The monoisotopic (exact) mass is 446 g/mol. The lowest BCUT2D eigenvalue weighted by Crippen LogP contribution is -2.48. The van der Waals surface area contributed by atoms with Crippen LogP contribution in [0.4, 0.5) is 11.4 Å². The number of ether oxygens (including phenoxy) is 1. The molecule has 0 aliphatic carbocycles. The van der Waals surface area contributed by atoms with Gasteiger partial charge in [0.2, 0.25) is 0 Å². The lowest BCUT2D eigenvalue weighted by atomic mass is 10.2. The minimum atomic E-state index is -0.319. The van der Waals surface area contributed by atoms with Crippen molar-refractivity contribution in [3.05, 3.63) is 59.1 Å². The first kappa shape index (κ1) is 22.3. The number of benzene rings is 2. The second kappa shape index (κ2) is 11.2. The highest BCUT2D eigenvalue weighted by molar-refractivity contribution is 7.80. The van der Waals surface area contributed by atoms with Crippen LogP contribution in [0.5, 0.6) is 0 Å². The summed E-state index contributed by atoms with van der Waals surface area (Å²) in [6.07, 6.45) is 0. The zero-order chi connectivity index (χ0) is 21.3. The molecule has 0 spiro atoms. The Kier molecular flexibility index (Phi) is 8.30. The average molecular weight is 447 g/mol. The van der Waals surface area contributed by atoms with Gasteiger partial charge in [0.1, 0.15) is 0 Å². The van der Waals surface area contributed by atoms with E-state index in [1.54, 1.807) is 19.1 Å². The van der Waals surface area contributed by atoms with Crippen molar-refractivity contribution in [2.45, 2.75) is 6.92 Å². The van der Waals surface area contributed by atoms with E-state index in [2.05, 4.69) is 26.5 Å². The Morgan fingerprint density at radius 2 is 1.87 bits per heavy atom. The molecular formula is C22H27ClN4O2S. The van der Waals surface area contributed by atoms with Gasteiger partial charge in [-0.2, -0.15) is 0 Å². The van der Waals surface area contributed by atoms with Gasteiger partial charge in [-0.05, 0) is 61.6 Å². The summed E-state index contributed by atoms with van der Waals surface area (Å²) in [7, 11) is 0. The molecule has 1 aliphatic heterocycles. The molecule has 2 aromatic rings. The van der Waals surface area contributed by atoms with Crippen molar-refractivity contribution in [2.75, 3.05) is 56.1 Å². The van der Waals surface area contributed by atoms with Crippen molar-refractivity contribution in [3.63, 3.8) is 0 Å². The molecular weight excluding hydrogens is 420 g/mol. The lowest BCUT2D eigenvalue weighted by Gasteiger charge is -2.36. The lowest BCUT2D eigenvalue weighted by molar-refractivity contribution is 0.0526. The fourth-order valence-corrected chi connectivity index (χ4v) is 3.71. The molecule has 3 rings (SSSR count). The molecule has 0 saturated carbocycles. The molecule has 2 aromatic carbocycles. The van der Waals surface area contributed by atoms with Gasteiger partial charge in [0.05, 0.1) is 12.2 Å². The largest absolute Gasteiger partial charge is 0.462 e. The van der Waals surface area contributed by atoms with Crippen molar-refractivity contribution in [1.29, 1.82) is 0 Å². The summed E-state index contributed by atoms with van der Waals surface area (Å²) in [5.74, 6) is -0.319. The molecule has 0 unspecified atom stereocenters. The van der Waals surface area contributed by atoms with Crippen LogP contribution in [0, 0.1) is 0 Å². The summed E-state index contributed by atoms with van der Waals surface area (Å²) in [6, 6.07) is 15.1. The third kappa shape index (κ3) is 6.58. The van der Waals surface area contributed by atoms with Gasteiger partial charge in [-0.1, -0.05) is 17.7 Å². The minimum absolute atomic E-state index is 0.319. The number of nitrogens with zero attached hydrogens (tertiary/aromatic N) is 2. The van der Waals surface area contributed by atoms with Crippen LogP contribution in [0.15, 0.2) is 48.5 Å². The number of rotatable bonds is 7. The average Bonchev–Trinajstić information content (AvgIpc) is 2.75. The first-order valence-electron chi connectivity index (χ1n) is 10.1. The van der Waals surface area contributed by atoms with Crippen molar-refractivity contribution in [2.24, 2.45) is 0 Å². The van der Waals surface area contributed by atoms with E-state index < -0.39 is 0 Å². The first-order valence-corrected chi connectivity index (χ1v) is 10.9. The van der Waals surface area contributed by atoms with E-state index in [1.165, 1.54) is 5.69 Å². The molecule has 1 fully saturated rings. The molecule has 0 bridgehead atoms. The smallest absolute Gasteiger partial charge is 0.338 e. The fourth-order valence-electron chi connectivity index (χ4n) is 3.31. The summed E-state index contributed by atoms with van der Waals surface area (Å²) in [4.78, 5) is 16.5. The van der Waals surface area contributed by atoms with Gasteiger partial charge in [-0.25, -0.2) is 4.79 Å². The van der Waals surface area contributed by atoms with E-state index >= 15 is 0 Å². The van der Waals surface area contributed by atoms with Crippen LogP contribution in [-0.4, -0.2) is 61.9 Å². The molecule has 1 aliphatic rings. The van der Waals surface area contributed by atoms with E-state index in [4.69, 9.17) is 28.6 Å². The topological polar surface area (TPSA) is 56.8 Å². The predicted octanol–water partition coefficient (Wildman–Crippen LogP) is 3.63. The third-order valence-electron chi connectivity index (χ3n) is 4.91. The van der Waals surface area contributed by atoms with Gasteiger partial charge < -0.3 is 20.3 Å². The van der Waals surface area contributed by atoms with Crippen LogP contribution in [-0.2, 0) is 4.74 Å². The van der Waals surface area contributed by atoms with Gasteiger partial charge in [-0.3, -0.25) is 4.90 Å². The van der Waals surface area contributed by atoms with E-state index in [9.17, 15) is 4.79 Å². The van der Waals surface area contributed by atoms with Crippen LogP contribution < -0.4 is 15.5 Å². The van der Waals surface area contributed by atoms with E-state index in [0.29, 0.717) is 17.3 Å². The molecule has 0 amide bonds. The van der Waals surface area contributed by atoms with Crippen molar-refractivity contribution in [1.82, 2.24) is 10.2 Å². The number of nitrogens with one attached hydrogen (secondary N) is 2. The Hall–Kier alpha value is -2.35. The number of hydrogen-bond donors (Lipinski definition) is 2. The number of piperazine rings is 1. The third-order valence-corrected chi connectivity index (χ3v) is 5.39. The van der Waals surface area contributed by atoms with Crippen LogP contribution >= 0.6 is 23.8 Å². The highest BCUT2D eigenvalue weighted by Gasteiger charge is 2.17. The Bertz CT molecular complexity index is 854. The Morgan fingerprint density at radius 1 is 1.13 bits per heavy atom. The fraction of sp³-hybridized carbons (Fsp3) is 0.364. The number of hydrogen-bond acceptors (Lipinski definition) is 5. The van der Waals surface area contributed by atoms with Crippen molar-refractivity contribution >= 4 is 46.3 Å². The summed E-state index contributed by atoms with van der Waals surface area (Å²) in [5, 5.41) is 7.72. The van der Waals surface area contributed by atoms with Crippen LogP contribution in [0.3, 0.4) is 0 Å². The normalized spacial score (nSPS) is 14.3. The number of carbonyl (C=O) groups excluding carboxylic acids is 1. The number of halogens is 1. The van der Waals surface area contributed by atoms with Crippen LogP contribution in [0.25, 0.3) is 0 Å². The summed E-state index contributed by atoms with van der Waals surface area (Å²) in [5.41, 5.74) is 2.54. The minimum Gasteiger partial charge on any atom is -0.462 e. The van der Waals surface area contributed by atoms with E-state index in [0.717, 1.165) is 50.0 Å². The second-order valence-electron chi connectivity index (χ2n) is 6.99. The molecule has 1 saturated heterocycles. The van der Waals surface area contributed by atoms with Crippen LogP contribution in [0.2, 0.25) is 5.02 Å².